The number of carbonyl (C=O) groups is 1. The largest absolute Gasteiger partial charge is 0.464 e. The van der Waals surface area contributed by atoms with E-state index in [0.717, 1.165) is 9.77 Å². The number of carbonyl (C=O) groups excluding carboxylic acids is 1. The van der Waals surface area contributed by atoms with Crippen LogP contribution in [0.3, 0.4) is 0 Å². The Balaban J connectivity index is 2.16. The second-order valence-corrected chi connectivity index (χ2v) is 12.4. The standard InChI is InChI=1S/C19H20BrN3O4S3/c1-10(2)28-18-15(12-6-8-13(9-7-12)30(5,25)26)21-19(29-18)23-16(17(24)27-4)14(20)11(3)22-23/h6-10H,1-5H3. The smallest absolute Gasteiger partial charge is 0.358 e. The highest BCUT2D eigenvalue weighted by atomic mass is 79.9. The highest BCUT2D eigenvalue weighted by Crippen LogP contribution is 2.40. The van der Waals surface area contributed by atoms with Gasteiger partial charge in [0.15, 0.2) is 15.5 Å². The lowest BCUT2D eigenvalue weighted by Crippen LogP contribution is -2.10. The number of hydrogen-bond acceptors (Lipinski definition) is 8. The summed E-state index contributed by atoms with van der Waals surface area (Å²) in [4.78, 5) is 17.3. The predicted octanol–water partition coefficient (Wildman–Crippen LogP) is 4.76. The summed E-state index contributed by atoms with van der Waals surface area (Å²) in [6.07, 6.45) is 1.18. The van der Waals surface area contributed by atoms with Crippen molar-refractivity contribution in [3.05, 3.63) is 40.1 Å². The summed E-state index contributed by atoms with van der Waals surface area (Å²) < 4.78 is 31.4. The van der Waals surface area contributed by atoms with Gasteiger partial charge in [-0.3, -0.25) is 0 Å². The van der Waals surface area contributed by atoms with E-state index in [1.165, 1.54) is 29.4 Å². The van der Waals surface area contributed by atoms with E-state index in [2.05, 4.69) is 34.9 Å². The van der Waals surface area contributed by atoms with E-state index in [1.807, 2.05) is 0 Å². The monoisotopic (exact) mass is 529 g/mol. The minimum absolute atomic E-state index is 0.249. The van der Waals surface area contributed by atoms with Crippen LogP contribution >= 0.6 is 39.0 Å². The molecule has 0 amide bonds. The average Bonchev–Trinajstić information content (AvgIpc) is 3.21. The lowest BCUT2D eigenvalue weighted by Gasteiger charge is -2.05. The van der Waals surface area contributed by atoms with Crippen molar-refractivity contribution in [1.82, 2.24) is 14.8 Å². The SMILES string of the molecule is COC(=O)c1c(Br)c(C)nn1-c1nc(-c2ccc(S(C)(=O)=O)cc2)c(SC(C)C)s1. The zero-order valence-corrected chi connectivity index (χ0v) is 21.0. The number of halogens is 1. The van der Waals surface area contributed by atoms with Crippen LogP contribution in [0.2, 0.25) is 0 Å². The quantitative estimate of drug-likeness (QED) is 0.335. The van der Waals surface area contributed by atoms with Gasteiger partial charge in [0.1, 0.15) is 0 Å². The molecule has 3 aromatic rings. The minimum atomic E-state index is -3.28. The van der Waals surface area contributed by atoms with Gasteiger partial charge in [-0.25, -0.2) is 18.2 Å². The Morgan fingerprint density at radius 2 is 1.90 bits per heavy atom. The average molecular weight is 530 g/mol. The van der Waals surface area contributed by atoms with Gasteiger partial charge < -0.3 is 4.74 Å². The molecule has 0 N–H and O–H groups in total. The number of rotatable bonds is 6. The van der Waals surface area contributed by atoms with Gasteiger partial charge in [0.25, 0.3) is 0 Å². The molecule has 3 rings (SSSR count). The molecule has 0 saturated carbocycles. The summed E-state index contributed by atoms with van der Waals surface area (Å²) in [6.45, 7) is 5.94. The molecule has 30 heavy (non-hydrogen) atoms. The molecule has 0 unspecified atom stereocenters. The number of benzene rings is 1. The number of sulfone groups is 1. The number of ether oxygens (including phenoxy) is 1. The van der Waals surface area contributed by atoms with E-state index < -0.39 is 15.8 Å². The first kappa shape index (κ1) is 23.0. The maximum absolute atomic E-state index is 12.3. The Labute approximate surface area is 191 Å². The normalized spacial score (nSPS) is 11.8. The molecule has 0 saturated heterocycles. The third-order valence-corrected chi connectivity index (χ3v) is 8.35. The van der Waals surface area contributed by atoms with Crippen molar-refractivity contribution in [2.45, 2.75) is 35.1 Å². The van der Waals surface area contributed by atoms with E-state index in [0.29, 0.717) is 26.2 Å². The van der Waals surface area contributed by atoms with Crippen LogP contribution in [0.15, 0.2) is 37.8 Å². The number of esters is 1. The molecule has 2 heterocycles. The van der Waals surface area contributed by atoms with Gasteiger partial charge in [-0.05, 0) is 35.0 Å². The fourth-order valence-corrected chi connectivity index (χ4v) is 6.16. The molecular formula is C19H20BrN3O4S3. The Hall–Kier alpha value is -1.69. The fraction of sp³-hybridized carbons (Fsp3) is 0.316. The van der Waals surface area contributed by atoms with Gasteiger partial charge >= 0.3 is 5.97 Å². The highest BCUT2D eigenvalue weighted by molar-refractivity contribution is 9.10. The zero-order chi connectivity index (χ0) is 22.2. The van der Waals surface area contributed by atoms with Crippen molar-refractivity contribution in [2.24, 2.45) is 0 Å². The lowest BCUT2D eigenvalue weighted by atomic mass is 10.2. The van der Waals surface area contributed by atoms with Crippen LogP contribution in [0, 0.1) is 6.92 Å². The second-order valence-electron chi connectivity index (χ2n) is 6.75. The first-order chi connectivity index (χ1) is 14.0. The van der Waals surface area contributed by atoms with E-state index in [-0.39, 0.29) is 10.6 Å². The van der Waals surface area contributed by atoms with Crippen LogP contribution in [0.4, 0.5) is 0 Å². The van der Waals surface area contributed by atoms with E-state index in [9.17, 15) is 13.2 Å². The van der Waals surface area contributed by atoms with Crippen molar-refractivity contribution in [2.75, 3.05) is 13.4 Å². The molecule has 0 aliphatic heterocycles. The summed E-state index contributed by atoms with van der Waals surface area (Å²) in [5.41, 5.74) is 2.41. The number of methoxy groups -OCH3 is 1. The molecule has 160 valence electrons. The van der Waals surface area contributed by atoms with E-state index >= 15 is 0 Å². The third-order valence-electron chi connectivity index (χ3n) is 4.03. The lowest BCUT2D eigenvalue weighted by molar-refractivity contribution is 0.0589. The number of hydrogen-bond donors (Lipinski definition) is 0. The van der Waals surface area contributed by atoms with Crippen LogP contribution in [0.1, 0.15) is 30.0 Å². The van der Waals surface area contributed by atoms with Crippen LogP contribution in [0.25, 0.3) is 16.4 Å². The molecule has 2 aromatic heterocycles. The summed E-state index contributed by atoms with van der Waals surface area (Å²) in [7, 11) is -1.96. The van der Waals surface area contributed by atoms with Crippen molar-refractivity contribution in [1.29, 1.82) is 0 Å². The van der Waals surface area contributed by atoms with Gasteiger partial charge in [0.05, 0.1) is 32.1 Å². The summed E-state index contributed by atoms with van der Waals surface area (Å²) >= 11 is 6.47. The molecule has 7 nitrogen and oxygen atoms in total. The van der Waals surface area contributed by atoms with Gasteiger partial charge in [0, 0.05) is 17.1 Å². The Bertz CT molecular complexity index is 1200. The van der Waals surface area contributed by atoms with Crippen molar-refractivity contribution in [3.8, 4) is 16.4 Å². The van der Waals surface area contributed by atoms with Crippen LogP contribution in [-0.4, -0.2) is 47.8 Å². The van der Waals surface area contributed by atoms with Gasteiger partial charge in [-0.2, -0.15) is 9.78 Å². The van der Waals surface area contributed by atoms with E-state index in [1.54, 1.807) is 43.0 Å². The molecule has 0 spiro atoms. The number of aromatic nitrogens is 3. The molecule has 0 radical (unpaired) electrons. The molecule has 1 aromatic carbocycles. The van der Waals surface area contributed by atoms with Crippen molar-refractivity contribution >= 4 is 54.8 Å². The Morgan fingerprint density at radius 3 is 2.43 bits per heavy atom. The summed E-state index contributed by atoms with van der Waals surface area (Å²) in [5.74, 6) is -0.519. The van der Waals surface area contributed by atoms with Gasteiger partial charge in [-0.15, -0.1) is 11.8 Å². The van der Waals surface area contributed by atoms with Crippen molar-refractivity contribution < 1.29 is 17.9 Å². The number of thiazole rings is 1. The van der Waals surface area contributed by atoms with Crippen LogP contribution < -0.4 is 0 Å². The van der Waals surface area contributed by atoms with Crippen molar-refractivity contribution in [3.63, 3.8) is 0 Å². The Kier molecular flexibility index (Phi) is 6.75. The second kappa shape index (κ2) is 8.81. The molecular weight excluding hydrogens is 510 g/mol. The van der Waals surface area contributed by atoms with Crippen LogP contribution in [0.5, 0.6) is 0 Å². The fourth-order valence-electron chi connectivity index (χ4n) is 2.64. The summed E-state index contributed by atoms with van der Waals surface area (Å²) in [5, 5.41) is 5.28. The zero-order valence-electron chi connectivity index (χ0n) is 17.0. The molecule has 0 aliphatic carbocycles. The minimum Gasteiger partial charge on any atom is -0.464 e. The molecule has 0 bridgehead atoms. The van der Waals surface area contributed by atoms with Gasteiger partial charge in [-0.1, -0.05) is 37.3 Å². The third kappa shape index (κ3) is 4.63. The summed E-state index contributed by atoms with van der Waals surface area (Å²) in [6, 6.07) is 6.63. The first-order valence-electron chi connectivity index (χ1n) is 8.84. The maximum atomic E-state index is 12.3. The molecule has 0 aliphatic rings. The maximum Gasteiger partial charge on any atom is 0.358 e. The molecule has 11 heteroatoms. The van der Waals surface area contributed by atoms with Crippen LogP contribution in [-0.2, 0) is 14.6 Å². The van der Waals surface area contributed by atoms with Gasteiger partial charge in [0.2, 0.25) is 5.13 Å². The van der Waals surface area contributed by atoms with E-state index in [4.69, 9.17) is 9.72 Å². The molecule has 0 atom stereocenters. The number of nitrogens with zero attached hydrogens (tertiary/aromatic N) is 3. The Morgan fingerprint density at radius 1 is 1.27 bits per heavy atom. The predicted molar refractivity (Wildman–Crippen MR) is 123 cm³/mol. The molecule has 0 fully saturated rings. The number of aryl methyl sites for hydroxylation is 1. The first-order valence-corrected chi connectivity index (χ1v) is 13.2. The highest BCUT2D eigenvalue weighted by Gasteiger charge is 2.25. The number of thioether (sulfide) groups is 1. The topological polar surface area (TPSA) is 91.2 Å².